The summed E-state index contributed by atoms with van der Waals surface area (Å²) in [6, 6.07) is 11.9. The molecular weight excluding hydrogens is 339 g/mol. The minimum absolute atomic E-state index is 0.242. The average molecular weight is 355 g/mol. The normalized spacial score (nSPS) is 11.7. The van der Waals surface area contributed by atoms with E-state index in [4.69, 9.17) is 37.4 Å². The summed E-state index contributed by atoms with van der Waals surface area (Å²) >= 11 is 12.0. The number of rotatable bonds is 6. The molecule has 0 aliphatic heterocycles. The molecule has 0 aliphatic rings. The van der Waals surface area contributed by atoms with Gasteiger partial charge in [-0.15, -0.1) is 0 Å². The van der Waals surface area contributed by atoms with E-state index >= 15 is 0 Å². The third kappa shape index (κ3) is 4.30. The molecule has 0 fully saturated rings. The van der Waals surface area contributed by atoms with Gasteiger partial charge in [0.1, 0.15) is 0 Å². The molecule has 1 atom stereocenters. The molecule has 0 bridgehead atoms. The summed E-state index contributed by atoms with van der Waals surface area (Å²) in [7, 11) is 1.53. The average Bonchev–Trinajstić information content (AvgIpc) is 2.55. The van der Waals surface area contributed by atoms with E-state index < -0.39 is 12.1 Å². The van der Waals surface area contributed by atoms with E-state index in [1.165, 1.54) is 7.11 Å². The number of methoxy groups -OCH3 is 1. The van der Waals surface area contributed by atoms with E-state index in [0.29, 0.717) is 27.1 Å². The fraction of sp³-hybridized carbons (Fsp3) is 0.235. The Bertz CT molecular complexity index is 688. The predicted molar refractivity (Wildman–Crippen MR) is 89.5 cm³/mol. The smallest absolute Gasteiger partial charge is 0.352 e. The van der Waals surface area contributed by atoms with Gasteiger partial charge in [-0.1, -0.05) is 41.4 Å². The lowest BCUT2D eigenvalue weighted by molar-refractivity contribution is -0.151. The van der Waals surface area contributed by atoms with E-state index in [9.17, 15) is 4.79 Å². The quantitative estimate of drug-likeness (QED) is 0.706. The van der Waals surface area contributed by atoms with Crippen molar-refractivity contribution in [3.63, 3.8) is 0 Å². The lowest BCUT2D eigenvalue weighted by Gasteiger charge is -2.19. The summed E-state index contributed by atoms with van der Waals surface area (Å²) in [6.07, 6.45) is -0.971. The highest BCUT2D eigenvalue weighted by atomic mass is 35.5. The van der Waals surface area contributed by atoms with Crippen LogP contribution in [-0.2, 0) is 9.53 Å². The van der Waals surface area contributed by atoms with Crippen LogP contribution in [0.5, 0.6) is 11.5 Å². The fourth-order valence-corrected chi connectivity index (χ4v) is 2.30. The van der Waals surface area contributed by atoms with Gasteiger partial charge in [-0.05, 0) is 31.2 Å². The molecule has 0 spiro atoms. The van der Waals surface area contributed by atoms with Gasteiger partial charge in [0.25, 0.3) is 0 Å². The van der Waals surface area contributed by atoms with Crippen LogP contribution >= 0.6 is 23.2 Å². The number of hydrogen-bond acceptors (Lipinski definition) is 4. The maximum absolute atomic E-state index is 12.3. The largest absolute Gasteiger partial charge is 0.493 e. The molecule has 0 heterocycles. The van der Waals surface area contributed by atoms with Crippen molar-refractivity contribution in [2.45, 2.75) is 13.0 Å². The second kappa shape index (κ2) is 8.09. The summed E-state index contributed by atoms with van der Waals surface area (Å²) in [6.45, 7) is 1.97. The zero-order valence-electron chi connectivity index (χ0n) is 12.7. The van der Waals surface area contributed by atoms with Gasteiger partial charge >= 0.3 is 5.97 Å². The third-order valence-electron chi connectivity index (χ3n) is 3.06. The molecule has 1 unspecified atom stereocenters. The van der Waals surface area contributed by atoms with Crippen molar-refractivity contribution in [1.82, 2.24) is 0 Å². The van der Waals surface area contributed by atoms with E-state index in [0.717, 1.165) is 0 Å². The Morgan fingerprint density at radius 1 is 1.09 bits per heavy atom. The second-order valence-electron chi connectivity index (χ2n) is 4.57. The Labute approximate surface area is 144 Å². The van der Waals surface area contributed by atoms with Gasteiger partial charge < -0.3 is 14.2 Å². The number of carbonyl (C=O) groups excluding carboxylic acids is 1. The summed E-state index contributed by atoms with van der Waals surface area (Å²) in [5, 5.41) is 0.734. The Morgan fingerprint density at radius 3 is 2.39 bits per heavy atom. The molecule has 0 saturated heterocycles. The lowest BCUT2D eigenvalue weighted by Crippen LogP contribution is -2.21. The summed E-state index contributed by atoms with van der Waals surface area (Å²) in [5.74, 6) is 0.428. The minimum Gasteiger partial charge on any atom is -0.493 e. The minimum atomic E-state index is -0.971. The number of hydrogen-bond donors (Lipinski definition) is 0. The molecular formula is C17H16Cl2O4. The van der Waals surface area contributed by atoms with E-state index in [2.05, 4.69) is 0 Å². The van der Waals surface area contributed by atoms with Gasteiger partial charge in [-0.25, -0.2) is 4.79 Å². The second-order valence-corrected chi connectivity index (χ2v) is 5.39. The number of carbonyl (C=O) groups is 1. The molecule has 2 aromatic carbocycles. The van der Waals surface area contributed by atoms with Crippen LogP contribution in [-0.4, -0.2) is 19.7 Å². The van der Waals surface area contributed by atoms with Crippen LogP contribution < -0.4 is 9.47 Å². The molecule has 0 aliphatic carbocycles. The highest BCUT2D eigenvalue weighted by molar-refractivity contribution is 6.42. The van der Waals surface area contributed by atoms with Crippen molar-refractivity contribution >= 4 is 29.2 Å². The number of halogens is 2. The molecule has 2 aromatic rings. The summed E-state index contributed by atoms with van der Waals surface area (Å²) in [5.41, 5.74) is 0.545. The Kier molecular flexibility index (Phi) is 6.13. The van der Waals surface area contributed by atoms with E-state index in [-0.39, 0.29) is 6.61 Å². The van der Waals surface area contributed by atoms with Crippen LogP contribution in [0.1, 0.15) is 18.6 Å². The van der Waals surface area contributed by atoms with Crippen LogP contribution in [0, 0.1) is 0 Å². The zero-order chi connectivity index (χ0) is 16.8. The van der Waals surface area contributed by atoms with Gasteiger partial charge in [-0.3, -0.25) is 0 Å². The molecule has 0 saturated carbocycles. The number of esters is 1. The third-order valence-corrected chi connectivity index (χ3v) is 3.80. The Morgan fingerprint density at radius 2 is 1.78 bits per heavy atom. The SMILES string of the molecule is CCOC(=O)C(Oc1ccccc1OC)c1ccc(Cl)c(Cl)c1. The molecule has 2 rings (SSSR count). The first-order valence-electron chi connectivity index (χ1n) is 6.98. The van der Waals surface area contributed by atoms with E-state index in [1.807, 2.05) is 6.07 Å². The fourth-order valence-electron chi connectivity index (χ4n) is 1.99. The standard InChI is InChI=1S/C17H16Cl2O4/c1-3-22-17(20)16(11-8-9-12(18)13(19)10-11)23-15-7-5-4-6-14(15)21-2/h4-10,16H,3H2,1-2H3. The summed E-state index contributed by atoms with van der Waals surface area (Å²) in [4.78, 5) is 12.3. The van der Waals surface area contributed by atoms with E-state index in [1.54, 1.807) is 43.3 Å². The van der Waals surface area contributed by atoms with Crippen LogP contribution in [0.4, 0.5) is 0 Å². The van der Waals surface area contributed by atoms with Crippen molar-refractivity contribution < 1.29 is 19.0 Å². The van der Waals surface area contributed by atoms with Crippen molar-refractivity contribution in [2.24, 2.45) is 0 Å². The van der Waals surface area contributed by atoms with Crippen LogP contribution in [0.25, 0.3) is 0 Å². The molecule has 0 radical (unpaired) electrons. The van der Waals surface area contributed by atoms with Crippen LogP contribution in [0.2, 0.25) is 10.0 Å². The van der Waals surface area contributed by atoms with Gasteiger partial charge in [-0.2, -0.15) is 0 Å². The Balaban J connectivity index is 2.37. The first-order chi connectivity index (χ1) is 11.1. The highest BCUT2D eigenvalue weighted by Crippen LogP contribution is 2.33. The number of para-hydroxylation sites is 2. The maximum Gasteiger partial charge on any atom is 0.352 e. The maximum atomic E-state index is 12.3. The molecule has 0 amide bonds. The van der Waals surface area contributed by atoms with Gasteiger partial charge in [0.15, 0.2) is 11.5 Å². The van der Waals surface area contributed by atoms with Crippen LogP contribution in [0.3, 0.4) is 0 Å². The molecule has 122 valence electrons. The molecule has 6 heteroatoms. The first-order valence-corrected chi connectivity index (χ1v) is 7.73. The zero-order valence-corrected chi connectivity index (χ0v) is 14.2. The molecule has 0 aromatic heterocycles. The van der Waals surface area contributed by atoms with Crippen molar-refractivity contribution in [3.8, 4) is 11.5 Å². The predicted octanol–water partition coefficient (Wildman–Crippen LogP) is 4.69. The number of ether oxygens (including phenoxy) is 3. The number of benzene rings is 2. The lowest BCUT2D eigenvalue weighted by atomic mass is 10.1. The van der Waals surface area contributed by atoms with Gasteiger partial charge in [0.2, 0.25) is 6.10 Å². The van der Waals surface area contributed by atoms with Crippen molar-refractivity contribution in [3.05, 3.63) is 58.1 Å². The van der Waals surface area contributed by atoms with Crippen molar-refractivity contribution in [2.75, 3.05) is 13.7 Å². The van der Waals surface area contributed by atoms with Crippen LogP contribution in [0.15, 0.2) is 42.5 Å². The topological polar surface area (TPSA) is 44.8 Å². The van der Waals surface area contributed by atoms with Crippen molar-refractivity contribution in [1.29, 1.82) is 0 Å². The molecule has 4 nitrogen and oxygen atoms in total. The van der Waals surface area contributed by atoms with Gasteiger partial charge in [0, 0.05) is 5.56 Å². The van der Waals surface area contributed by atoms with Gasteiger partial charge in [0.05, 0.1) is 23.8 Å². The molecule has 0 N–H and O–H groups in total. The Hall–Kier alpha value is -1.91. The monoisotopic (exact) mass is 354 g/mol. The first kappa shape index (κ1) is 17.4. The molecule has 23 heavy (non-hydrogen) atoms. The highest BCUT2D eigenvalue weighted by Gasteiger charge is 2.26. The summed E-state index contributed by atoms with van der Waals surface area (Å²) < 4.78 is 16.2.